The van der Waals surface area contributed by atoms with E-state index in [1.165, 1.54) is 0 Å². The molecule has 0 spiro atoms. The molecular weight excluding hydrogens is 326 g/mol. The van der Waals surface area contributed by atoms with E-state index in [1.807, 2.05) is 25.1 Å². The molecule has 0 aliphatic rings. The molecule has 1 aromatic carbocycles. The van der Waals surface area contributed by atoms with Crippen LogP contribution in [0.5, 0.6) is 0 Å². The van der Waals surface area contributed by atoms with Crippen LogP contribution in [0.25, 0.3) is 0 Å². The molecule has 2 aromatic rings. The van der Waals surface area contributed by atoms with Crippen LogP contribution in [-0.4, -0.2) is 11.5 Å². The van der Waals surface area contributed by atoms with Gasteiger partial charge in [0.25, 0.3) is 0 Å². The molecule has 106 valence electrons. The summed E-state index contributed by atoms with van der Waals surface area (Å²) in [6, 6.07) is 8.29. The zero-order chi connectivity index (χ0) is 14.5. The van der Waals surface area contributed by atoms with Crippen LogP contribution in [0.15, 0.2) is 41.0 Å². The van der Waals surface area contributed by atoms with Gasteiger partial charge < -0.3 is 5.32 Å². The van der Waals surface area contributed by atoms with Gasteiger partial charge in [-0.3, -0.25) is 4.98 Å². The first kappa shape index (κ1) is 15.1. The van der Waals surface area contributed by atoms with E-state index in [9.17, 15) is 8.78 Å². The average Bonchev–Trinajstić information content (AvgIpc) is 2.46. The Morgan fingerprint density at radius 3 is 2.70 bits per heavy atom. The minimum Gasteiger partial charge on any atom is -0.310 e. The largest absolute Gasteiger partial charge is 0.310 e. The molecule has 5 heteroatoms. The molecule has 1 aromatic heterocycles. The number of rotatable bonds is 5. The molecule has 0 saturated carbocycles. The fraction of sp³-hybridized carbons (Fsp3) is 0.267. The smallest absolute Gasteiger partial charge is 0.173 e. The molecule has 0 saturated heterocycles. The van der Waals surface area contributed by atoms with Crippen molar-refractivity contribution in [1.29, 1.82) is 0 Å². The van der Waals surface area contributed by atoms with Gasteiger partial charge in [0, 0.05) is 24.4 Å². The summed E-state index contributed by atoms with van der Waals surface area (Å²) in [7, 11) is 0. The van der Waals surface area contributed by atoms with Crippen molar-refractivity contribution in [2.24, 2.45) is 0 Å². The summed E-state index contributed by atoms with van der Waals surface area (Å²) in [5.74, 6) is -1.71. The maximum absolute atomic E-state index is 13.7. The maximum atomic E-state index is 13.7. The van der Waals surface area contributed by atoms with Crippen LogP contribution in [0.2, 0.25) is 0 Å². The summed E-state index contributed by atoms with van der Waals surface area (Å²) < 4.78 is 27.0. The first-order valence-corrected chi connectivity index (χ1v) is 7.19. The number of hydrogen-bond acceptors (Lipinski definition) is 2. The molecule has 0 bridgehead atoms. The molecular formula is C15H15BrF2N2. The normalized spacial score (nSPS) is 12.4. The van der Waals surface area contributed by atoms with Crippen LogP contribution in [0.3, 0.4) is 0 Å². The van der Waals surface area contributed by atoms with Gasteiger partial charge in [0.15, 0.2) is 11.6 Å². The van der Waals surface area contributed by atoms with E-state index in [0.29, 0.717) is 12.0 Å². The Bertz CT molecular complexity index is 576. The number of nitrogens with one attached hydrogen (secondary N) is 1. The number of halogens is 3. The highest BCUT2D eigenvalue weighted by Crippen LogP contribution is 2.29. The minimum atomic E-state index is -0.855. The number of nitrogens with zero attached hydrogens (tertiary/aromatic N) is 1. The molecule has 2 nitrogen and oxygen atoms in total. The molecule has 0 radical (unpaired) electrons. The van der Waals surface area contributed by atoms with Crippen LogP contribution >= 0.6 is 15.9 Å². The Morgan fingerprint density at radius 2 is 2.05 bits per heavy atom. The van der Waals surface area contributed by atoms with Gasteiger partial charge in [-0.2, -0.15) is 0 Å². The molecule has 1 atom stereocenters. The fourth-order valence-electron chi connectivity index (χ4n) is 2.08. The molecule has 0 amide bonds. The second-order valence-corrected chi connectivity index (χ2v) is 5.19. The lowest BCUT2D eigenvalue weighted by Gasteiger charge is -2.20. The van der Waals surface area contributed by atoms with Crippen LogP contribution in [0, 0.1) is 11.6 Å². The van der Waals surface area contributed by atoms with E-state index in [0.717, 1.165) is 18.3 Å². The molecule has 0 aliphatic carbocycles. The Hall–Kier alpha value is -1.33. The lowest BCUT2D eigenvalue weighted by Crippen LogP contribution is -2.24. The summed E-state index contributed by atoms with van der Waals surface area (Å²) in [6.07, 6.45) is 2.33. The second-order valence-electron chi connectivity index (χ2n) is 4.40. The summed E-state index contributed by atoms with van der Waals surface area (Å²) in [6.45, 7) is 2.70. The van der Waals surface area contributed by atoms with Gasteiger partial charge in [0.05, 0.1) is 4.47 Å². The summed E-state index contributed by atoms with van der Waals surface area (Å²) in [4.78, 5) is 4.27. The predicted molar refractivity (Wildman–Crippen MR) is 78.4 cm³/mol. The van der Waals surface area contributed by atoms with E-state index in [4.69, 9.17) is 0 Å². The van der Waals surface area contributed by atoms with Crippen LogP contribution < -0.4 is 5.32 Å². The second kappa shape index (κ2) is 6.90. The molecule has 1 heterocycles. The molecule has 20 heavy (non-hydrogen) atoms. The van der Waals surface area contributed by atoms with Crippen molar-refractivity contribution < 1.29 is 8.78 Å². The van der Waals surface area contributed by atoms with Gasteiger partial charge in [-0.15, -0.1) is 0 Å². The number of aromatic nitrogens is 1. The lowest BCUT2D eigenvalue weighted by atomic mass is 10.0. The van der Waals surface area contributed by atoms with Crippen LogP contribution in [-0.2, 0) is 6.42 Å². The highest BCUT2D eigenvalue weighted by Gasteiger charge is 2.19. The quantitative estimate of drug-likeness (QED) is 0.831. The van der Waals surface area contributed by atoms with Gasteiger partial charge in [-0.1, -0.05) is 19.1 Å². The van der Waals surface area contributed by atoms with Crippen LogP contribution in [0.4, 0.5) is 8.78 Å². The highest BCUT2D eigenvalue weighted by atomic mass is 79.9. The third-order valence-corrected chi connectivity index (χ3v) is 3.84. The van der Waals surface area contributed by atoms with Gasteiger partial charge >= 0.3 is 0 Å². The Morgan fingerprint density at radius 1 is 1.25 bits per heavy atom. The third kappa shape index (κ3) is 3.41. The molecule has 2 rings (SSSR count). The lowest BCUT2D eigenvalue weighted by molar-refractivity contribution is 0.490. The van der Waals surface area contributed by atoms with Crippen molar-refractivity contribution in [3.05, 3.63) is 63.9 Å². The Kier molecular flexibility index (Phi) is 5.20. The fourth-order valence-corrected chi connectivity index (χ4v) is 2.67. The van der Waals surface area contributed by atoms with E-state index in [-0.39, 0.29) is 10.5 Å². The monoisotopic (exact) mass is 340 g/mol. The molecule has 1 unspecified atom stereocenters. The Labute approximate surface area is 125 Å². The van der Waals surface area contributed by atoms with E-state index < -0.39 is 11.6 Å². The molecule has 0 fully saturated rings. The minimum absolute atomic E-state index is 0.126. The topological polar surface area (TPSA) is 24.9 Å². The first-order valence-electron chi connectivity index (χ1n) is 6.40. The van der Waals surface area contributed by atoms with Crippen molar-refractivity contribution in [2.45, 2.75) is 19.4 Å². The van der Waals surface area contributed by atoms with E-state index in [1.54, 1.807) is 12.3 Å². The maximum Gasteiger partial charge on any atom is 0.173 e. The van der Waals surface area contributed by atoms with Crippen LogP contribution in [0.1, 0.15) is 24.2 Å². The molecule has 0 aliphatic heterocycles. The average molecular weight is 341 g/mol. The highest BCUT2D eigenvalue weighted by molar-refractivity contribution is 9.10. The van der Waals surface area contributed by atoms with Crippen molar-refractivity contribution in [3.8, 4) is 0 Å². The van der Waals surface area contributed by atoms with Crippen molar-refractivity contribution in [2.75, 3.05) is 6.54 Å². The number of likely N-dealkylation sites (N-methyl/N-ethyl adjacent to an activating group) is 1. The first-order chi connectivity index (χ1) is 9.63. The van der Waals surface area contributed by atoms with Crippen molar-refractivity contribution >= 4 is 15.9 Å². The zero-order valence-corrected chi connectivity index (χ0v) is 12.6. The Balaban J connectivity index is 2.31. The standard InChI is InChI=1S/C15H15BrF2N2/c1-2-19-13(9-10-5-3-4-8-20-10)11-6-7-12(17)15(18)14(11)16/h3-8,13,19H,2,9H2,1H3. The van der Waals surface area contributed by atoms with Crippen molar-refractivity contribution in [1.82, 2.24) is 10.3 Å². The predicted octanol–water partition coefficient (Wildman–Crippen LogP) is 4.02. The summed E-state index contributed by atoms with van der Waals surface area (Å²) in [5, 5.41) is 3.28. The number of hydrogen-bond donors (Lipinski definition) is 1. The van der Waals surface area contributed by atoms with Gasteiger partial charge in [0.1, 0.15) is 0 Å². The van der Waals surface area contributed by atoms with Gasteiger partial charge in [0.2, 0.25) is 0 Å². The summed E-state index contributed by atoms with van der Waals surface area (Å²) >= 11 is 3.14. The number of benzene rings is 1. The summed E-state index contributed by atoms with van der Waals surface area (Å²) in [5.41, 5.74) is 1.59. The SMILES string of the molecule is CCNC(Cc1ccccn1)c1ccc(F)c(F)c1Br. The van der Waals surface area contributed by atoms with E-state index >= 15 is 0 Å². The van der Waals surface area contributed by atoms with Crippen molar-refractivity contribution in [3.63, 3.8) is 0 Å². The zero-order valence-electron chi connectivity index (χ0n) is 11.0. The van der Waals surface area contributed by atoms with E-state index in [2.05, 4.69) is 26.2 Å². The number of pyridine rings is 1. The van der Waals surface area contributed by atoms with Gasteiger partial charge in [-0.25, -0.2) is 8.78 Å². The molecule has 1 N–H and O–H groups in total. The third-order valence-electron chi connectivity index (χ3n) is 3.03. The van der Waals surface area contributed by atoms with Gasteiger partial charge in [-0.05, 0) is 46.2 Å².